The summed E-state index contributed by atoms with van der Waals surface area (Å²) in [7, 11) is 0. The van der Waals surface area contributed by atoms with Crippen molar-refractivity contribution in [2.75, 3.05) is 13.2 Å². The molecule has 0 aromatic rings. The van der Waals surface area contributed by atoms with Crippen molar-refractivity contribution in [3.05, 3.63) is 0 Å². The van der Waals surface area contributed by atoms with E-state index >= 15 is 0 Å². The summed E-state index contributed by atoms with van der Waals surface area (Å²) in [4.78, 5) is 0. The van der Waals surface area contributed by atoms with Gasteiger partial charge in [0.2, 0.25) is 0 Å². The molecule has 0 aliphatic heterocycles. The molecule has 1 heteroatoms. The van der Waals surface area contributed by atoms with E-state index in [1.54, 1.807) is 0 Å². The van der Waals surface area contributed by atoms with E-state index in [2.05, 4.69) is 27.7 Å². The molecule has 0 spiro atoms. The minimum absolute atomic E-state index is 0.724. The van der Waals surface area contributed by atoms with Gasteiger partial charge in [0.25, 0.3) is 0 Å². The monoisotopic (exact) mass is 172 g/mol. The van der Waals surface area contributed by atoms with Crippen molar-refractivity contribution in [1.29, 1.82) is 0 Å². The maximum Gasteiger partial charge on any atom is 0.0491 e. The second kappa shape index (κ2) is 7.60. The van der Waals surface area contributed by atoms with Crippen LogP contribution in [0.5, 0.6) is 0 Å². The van der Waals surface area contributed by atoms with Crippen LogP contribution < -0.4 is 0 Å². The van der Waals surface area contributed by atoms with E-state index < -0.39 is 0 Å². The average Bonchev–Trinajstić information content (AvgIpc) is 2.11. The van der Waals surface area contributed by atoms with Crippen LogP contribution in [0.1, 0.15) is 47.0 Å². The molecule has 0 saturated heterocycles. The van der Waals surface area contributed by atoms with E-state index in [4.69, 9.17) is 4.74 Å². The lowest BCUT2D eigenvalue weighted by atomic mass is 10.1. The fourth-order valence-corrected chi connectivity index (χ4v) is 0.891. The first-order chi connectivity index (χ1) is 5.70. The van der Waals surface area contributed by atoms with Crippen molar-refractivity contribution < 1.29 is 4.74 Å². The van der Waals surface area contributed by atoms with Gasteiger partial charge in [-0.3, -0.25) is 0 Å². The SMILES string of the molecule is CCC(C)CCOCC(C)CC. The Kier molecular flexibility index (Phi) is 7.58. The number of rotatable bonds is 7. The van der Waals surface area contributed by atoms with Crippen LogP contribution in [0.4, 0.5) is 0 Å². The molecule has 0 N–H and O–H groups in total. The standard InChI is InChI=1S/C11H24O/c1-5-10(3)7-8-12-9-11(4)6-2/h10-11H,5-9H2,1-4H3. The molecule has 0 bridgehead atoms. The lowest BCUT2D eigenvalue weighted by molar-refractivity contribution is 0.0933. The van der Waals surface area contributed by atoms with Crippen LogP contribution in [-0.4, -0.2) is 13.2 Å². The van der Waals surface area contributed by atoms with Gasteiger partial charge in [0.1, 0.15) is 0 Å². The van der Waals surface area contributed by atoms with E-state index in [1.807, 2.05) is 0 Å². The summed E-state index contributed by atoms with van der Waals surface area (Å²) in [5.74, 6) is 1.55. The zero-order chi connectivity index (χ0) is 9.40. The second-order valence-corrected chi connectivity index (χ2v) is 3.89. The second-order valence-electron chi connectivity index (χ2n) is 3.89. The van der Waals surface area contributed by atoms with Gasteiger partial charge in [-0.1, -0.05) is 40.5 Å². The van der Waals surface area contributed by atoms with E-state index in [1.165, 1.54) is 19.3 Å². The molecule has 0 aliphatic rings. The fraction of sp³-hybridized carbons (Fsp3) is 1.00. The van der Waals surface area contributed by atoms with Crippen molar-refractivity contribution in [2.24, 2.45) is 11.8 Å². The Balaban J connectivity index is 3.10. The van der Waals surface area contributed by atoms with Gasteiger partial charge in [0.15, 0.2) is 0 Å². The van der Waals surface area contributed by atoms with Crippen molar-refractivity contribution in [3.63, 3.8) is 0 Å². The van der Waals surface area contributed by atoms with Crippen molar-refractivity contribution >= 4 is 0 Å². The summed E-state index contributed by atoms with van der Waals surface area (Å²) in [5, 5.41) is 0. The fourth-order valence-electron chi connectivity index (χ4n) is 0.891. The Morgan fingerprint density at radius 2 is 1.58 bits per heavy atom. The summed E-state index contributed by atoms with van der Waals surface area (Å²) in [6, 6.07) is 0. The molecule has 0 aliphatic carbocycles. The molecule has 0 rings (SSSR count). The van der Waals surface area contributed by atoms with Crippen LogP contribution in [0.2, 0.25) is 0 Å². The average molecular weight is 172 g/mol. The van der Waals surface area contributed by atoms with Crippen LogP contribution in [0.25, 0.3) is 0 Å². The molecule has 74 valence electrons. The predicted molar refractivity (Wildman–Crippen MR) is 54.3 cm³/mol. The highest BCUT2D eigenvalue weighted by molar-refractivity contribution is 4.50. The van der Waals surface area contributed by atoms with Gasteiger partial charge >= 0.3 is 0 Å². The zero-order valence-electron chi connectivity index (χ0n) is 9.10. The van der Waals surface area contributed by atoms with E-state index in [0.29, 0.717) is 0 Å². The first-order valence-corrected chi connectivity index (χ1v) is 5.28. The summed E-state index contributed by atoms with van der Waals surface area (Å²) in [5.41, 5.74) is 0. The minimum Gasteiger partial charge on any atom is -0.381 e. The Hall–Kier alpha value is -0.0400. The molecule has 0 fully saturated rings. The van der Waals surface area contributed by atoms with Crippen molar-refractivity contribution in [1.82, 2.24) is 0 Å². The van der Waals surface area contributed by atoms with Gasteiger partial charge in [0.05, 0.1) is 0 Å². The van der Waals surface area contributed by atoms with Crippen molar-refractivity contribution in [2.45, 2.75) is 47.0 Å². The quantitative estimate of drug-likeness (QED) is 0.534. The summed E-state index contributed by atoms with van der Waals surface area (Å²) >= 11 is 0. The molecule has 0 amide bonds. The lowest BCUT2D eigenvalue weighted by Crippen LogP contribution is -2.07. The third kappa shape index (κ3) is 6.66. The summed E-state index contributed by atoms with van der Waals surface area (Å²) in [6.45, 7) is 10.9. The van der Waals surface area contributed by atoms with Crippen LogP contribution in [-0.2, 0) is 4.74 Å². The normalized spacial score (nSPS) is 16.0. The van der Waals surface area contributed by atoms with Crippen LogP contribution in [0.15, 0.2) is 0 Å². The minimum atomic E-state index is 0.724. The van der Waals surface area contributed by atoms with Gasteiger partial charge in [-0.05, 0) is 18.3 Å². The molecular weight excluding hydrogens is 148 g/mol. The first kappa shape index (κ1) is 12.0. The van der Waals surface area contributed by atoms with Crippen LogP contribution >= 0.6 is 0 Å². The Morgan fingerprint density at radius 1 is 1.00 bits per heavy atom. The van der Waals surface area contributed by atoms with E-state index in [-0.39, 0.29) is 0 Å². The molecule has 0 heterocycles. The Bertz CT molecular complexity index is 79.0. The summed E-state index contributed by atoms with van der Waals surface area (Å²) < 4.78 is 5.56. The van der Waals surface area contributed by atoms with Gasteiger partial charge in [-0.2, -0.15) is 0 Å². The molecular formula is C11H24O. The van der Waals surface area contributed by atoms with Gasteiger partial charge in [-0.25, -0.2) is 0 Å². The number of hydrogen-bond acceptors (Lipinski definition) is 1. The Morgan fingerprint density at radius 3 is 2.08 bits per heavy atom. The topological polar surface area (TPSA) is 9.23 Å². The molecule has 1 nitrogen and oxygen atoms in total. The largest absolute Gasteiger partial charge is 0.381 e. The van der Waals surface area contributed by atoms with Gasteiger partial charge in [-0.15, -0.1) is 0 Å². The summed E-state index contributed by atoms with van der Waals surface area (Å²) in [6.07, 6.45) is 3.71. The molecule has 2 atom stereocenters. The number of ether oxygens (including phenoxy) is 1. The maximum absolute atomic E-state index is 5.56. The highest BCUT2D eigenvalue weighted by Gasteiger charge is 2.00. The highest BCUT2D eigenvalue weighted by Crippen LogP contribution is 2.07. The van der Waals surface area contributed by atoms with E-state index in [9.17, 15) is 0 Å². The van der Waals surface area contributed by atoms with E-state index in [0.717, 1.165) is 25.0 Å². The third-order valence-electron chi connectivity index (χ3n) is 2.55. The van der Waals surface area contributed by atoms with Crippen LogP contribution in [0, 0.1) is 11.8 Å². The zero-order valence-corrected chi connectivity index (χ0v) is 9.10. The smallest absolute Gasteiger partial charge is 0.0491 e. The predicted octanol–water partition coefficient (Wildman–Crippen LogP) is 3.49. The molecule has 12 heavy (non-hydrogen) atoms. The Labute approximate surface area is 77.5 Å². The first-order valence-electron chi connectivity index (χ1n) is 5.28. The van der Waals surface area contributed by atoms with Gasteiger partial charge < -0.3 is 4.74 Å². The van der Waals surface area contributed by atoms with Crippen molar-refractivity contribution in [3.8, 4) is 0 Å². The van der Waals surface area contributed by atoms with Gasteiger partial charge in [0, 0.05) is 13.2 Å². The molecule has 0 aromatic carbocycles. The molecule has 0 saturated carbocycles. The van der Waals surface area contributed by atoms with Crippen LogP contribution in [0.3, 0.4) is 0 Å². The molecule has 0 aromatic heterocycles. The third-order valence-corrected chi connectivity index (χ3v) is 2.55. The number of hydrogen-bond donors (Lipinski definition) is 0. The highest BCUT2D eigenvalue weighted by atomic mass is 16.5. The molecule has 2 unspecified atom stereocenters. The molecule has 0 radical (unpaired) electrons. The maximum atomic E-state index is 5.56. The lowest BCUT2D eigenvalue weighted by Gasteiger charge is -2.11.